The fraction of sp³-hybridized carbons (Fsp3) is 0. The van der Waals surface area contributed by atoms with E-state index in [0.717, 1.165) is 6.07 Å². The summed E-state index contributed by atoms with van der Waals surface area (Å²) in [4.78, 5) is 12.9. The van der Waals surface area contributed by atoms with Crippen LogP contribution in [0.5, 0.6) is 0 Å². The van der Waals surface area contributed by atoms with Gasteiger partial charge in [-0.05, 0) is 63.2 Å². The number of benzene rings is 7. The lowest BCUT2D eigenvalue weighted by Gasteiger charge is -2.11. The average Bonchev–Trinajstić information content (AvgIpc) is 3.73. The molecule has 2 heterocycles. The van der Waals surface area contributed by atoms with Crippen molar-refractivity contribution in [3.63, 3.8) is 0 Å². The third-order valence-corrected chi connectivity index (χ3v) is 6.83. The minimum atomic E-state index is -0.996. The Kier molecular flexibility index (Phi) is 2.73. The molecular weight excluding hydrogens is 574 g/mol. The van der Waals surface area contributed by atoms with Gasteiger partial charge in [-0.15, -0.1) is 0 Å². The SMILES string of the molecule is [2H]c1cc2c(oc3c([2H])c([2H])c([2H])c(-c4c([2H])c([2H])c([2H])c(-c5nc(-c6c([2H])c([2H])c([2H])c([2H])c6[2H])nc(-c6c([2H])c([2H])c7c([2H])c(-c8c([2H])c([2H])c([2H])c([2H])c8[2H])c([2H])c([2H])c7c6[2H])n5)c4[2H])c32)c([2H])c1[2H]. The highest BCUT2D eigenvalue weighted by molar-refractivity contribution is 6.12. The van der Waals surface area contributed by atoms with E-state index in [1.165, 1.54) is 0 Å². The maximum Gasteiger partial charge on any atom is 0.164 e. The molecule has 9 aromatic rings. The van der Waals surface area contributed by atoms with Gasteiger partial charge in [-0.1, -0.05) is 133 Å². The summed E-state index contributed by atoms with van der Waals surface area (Å²) in [6.07, 6.45) is 0. The van der Waals surface area contributed by atoms with E-state index in [1.807, 2.05) is 0 Å². The maximum absolute atomic E-state index is 9.63. The van der Waals surface area contributed by atoms with Gasteiger partial charge in [0.25, 0.3) is 0 Å². The van der Waals surface area contributed by atoms with Crippen LogP contribution in [0.2, 0.25) is 0 Å². The summed E-state index contributed by atoms with van der Waals surface area (Å²) < 4.78 is 233. The summed E-state index contributed by atoms with van der Waals surface area (Å²) in [5, 5.41) is -1.79. The van der Waals surface area contributed by atoms with Gasteiger partial charge in [0.15, 0.2) is 17.5 Å². The quantitative estimate of drug-likeness (QED) is 0.190. The molecule has 0 unspecified atom stereocenters. The number of nitrogens with zero attached hydrogens (tertiary/aromatic N) is 3. The van der Waals surface area contributed by atoms with Crippen LogP contribution < -0.4 is 0 Å². The van der Waals surface area contributed by atoms with Crippen molar-refractivity contribution in [3.8, 4) is 56.4 Å². The maximum atomic E-state index is 9.63. The minimum absolute atomic E-state index is 0.153. The third kappa shape index (κ3) is 4.93. The zero-order valence-corrected chi connectivity index (χ0v) is 23.3. The smallest absolute Gasteiger partial charge is 0.164 e. The molecule has 0 spiro atoms. The highest BCUT2D eigenvalue weighted by Gasteiger charge is 2.16. The molecule has 0 saturated carbocycles. The number of aromatic nitrogens is 3. The average molecular weight is 628 g/mol. The van der Waals surface area contributed by atoms with Crippen molar-refractivity contribution < 1.29 is 40.1 Å². The Morgan fingerprint density at radius 3 is 1.72 bits per heavy atom. The van der Waals surface area contributed by atoms with Crippen molar-refractivity contribution in [2.75, 3.05) is 0 Å². The molecule has 0 fully saturated rings. The van der Waals surface area contributed by atoms with Gasteiger partial charge in [0.05, 0.1) is 35.6 Å². The first-order chi connectivity index (χ1) is 34.1. The second-order valence-corrected chi connectivity index (χ2v) is 9.64. The third-order valence-electron chi connectivity index (χ3n) is 6.83. The van der Waals surface area contributed by atoms with Crippen molar-refractivity contribution in [1.82, 2.24) is 15.0 Å². The van der Waals surface area contributed by atoms with E-state index in [-0.39, 0.29) is 16.4 Å². The van der Waals surface area contributed by atoms with Gasteiger partial charge < -0.3 is 4.42 Å². The Hall–Kier alpha value is -6.39. The number of para-hydroxylation sites is 1. The molecule has 0 aliphatic carbocycles. The number of hydrogen-bond donors (Lipinski definition) is 0. The van der Waals surface area contributed by atoms with Gasteiger partial charge >= 0.3 is 0 Å². The van der Waals surface area contributed by atoms with Gasteiger partial charge in [-0.3, -0.25) is 0 Å². The Balaban J connectivity index is 1.42. The molecule has 0 aliphatic rings. The molecule has 4 heteroatoms. The van der Waals surface area contributed by atoms with Crippen LogP contribution >= 0.6 is 0 Å². The van der Waals surface area contributed by atoms with Crippen molar-refractivity contribution in [1.29, 1.82) is 0 Å². The molecule has 9 rings (SSSR count). The summed E-state index contributed by atoms with van der Waals surface area (Å²) in [5.74, 6) is -2.60. The van der Waals surface area contributed by atoms with Crippen LogP contribution in [-0.4, -0.2) is 15.0 Å². The number of furan rings is 1. The first-order valence-corrected chi connectivity index (χ1v) is 13.6. The van der Waals surface area contributed by atoms with Crippen molar-refractivity contribution in [3.05, 3.63) is 163 Å². The van der Waals surface area contributed by atoms with Crippen LogP contribution in [-0.2, 0) is 0 Å². The van der Waals surface area contributed by atoms with Crippen molar-refractivity contribution in [2.45, 2.75) is 0 Å². The van der Waals surface area contributed by atoms with E-state index >= 15 is 0 Å². The normalized spacial score (nSPS) is 19.1. The van der Waals surface area contributed by atoms with Crippen LogP contribution in [0, 0.1) is 0 Å². The lowest BCUT2D eigenvalue weighted by Crippen LogP contribution is -2.00. The number of fused-ring (bicyclic) bond motifs is 4. The predicted molar refractivity (Wildman–Crippen MR) is 192 cm³/mol. The van der Waals surface area contributed by atoms with Gasteiger partial charge in [0.2, 0.25) is 0 Å². The molecule has 2 aromatic heterocycles. The van der Waals surface area contributed by atoms with Crippen LogP contribution in [0.25, 0.3) is 89.1 Å². The molecule has 0 radical (unpaired) electrons. The topological polar surface area (TPSA) is 51.8 Å². The van der Waals surface area contributed by atoms with Crippen LogP contribution in [0.3, 0.4) is 0 Å². The summed E-state index contributed by atoms with van der Waals surface area (Å²) in [6, 6.07) is -21.1. The van der Waals surface area contributed by atoms with Crippen LogP contribution in [0.1, 0.15) is 35.6 Å². The highest BCUT2D eigenvalue weighted by atomic mass is 16.3. The molecule has 220 valence electrons. The molecule has 4 nitrogen and oxygen atoms in total. The Morgan fingerprint density at radius 1 is 0.404 bits per heavy atom. The largest absolute Gasteiger partial charge is 0.456 e. The monoisotopic (exact) mass is 627 g/mol. The van der Waals surface area contributed by atoms with Gasteiger partial charge in [-0.2, -0.15) is 0 Å². The highest BCUT2D eigenvalue weighted by Crippen LogP contribution is 2.38. The Morgan fingerprint density at radius 2 is 0.957 bits per heavy atom. The first kappa shape index (κ1) is 11.4. The number of hydrogen-bond acceptors (Lipinski definition) is 4. The molecule has 0 N–H and O–H groups in total. The zero-order chi connectivity index (χ0) is 53.8. The Bertz CT molecular complexity index is 4000. The first-order valence-electron chi connectivity index (χ1n) is 26.6. The van der Waals surface area contributed by atoms with Crippen molar-refractivity contribution in [2.24, 2.45) is 0 Å². The van der Waals surface area contributed by atoms with E-state index < -0.39 is 230 Å². The summed E-state index contributed by atoms with van der Waals surface area (Å²) in [7, 11) is 0. The summed E-state index contributed by atoms with van der Waals surface area (Å²) >= 11 is 0. The van der Waals surface area contributed by atoms with E-state index in [4.69, 9.17) is 35.9 Å². The van der Waals surface area contributed by atoms with Gasteiger partial charge in [-0.25, -0.2) is 15.0 Å². The predicted octanol–water partition coefficient (Wildman–Crippen LogP) is 11.3. The van der Waals surface area contributed by atoms with Crippen molar-refractivity contribution >= 4 is 32.7 Å². The van der Waals surface area contributed by atoms with Crippen LogP contribution in [0.4, 0.5) is 0 Å². The van der Waals surface area contributed by atoms with E-state index in [1.54, 1.807) is 0 Å². The molecule has 0 atom stereocenters. The number of rotatable bonds is 5. The van der Waals surface area contributed by atoms with E-state index in [2.05, 4.69) is 15.0 Å². The second kappa shape index (κ2) is 11.2. The van der Waals surface area contributed by atoms with Gasteiger partial charge in [0.1, 0.15) is 11.2 Å². The van der Waals surface area contributed by atoms with E-state index in [9.17, 15) is 4.11 Å². The molecule has 0 amide bonds. The zero-order valence-electron chi connectivity index (χ0n) is 49.3. The second-order valence-electron chi connectivity index (χ2n) is 9.64. The Labute approximate surface area is 308 Å². The molecule has 0 aliphatic heterocycles. The molecule has 7 aromatic carbocycles. The van der Waals surface area contributed by atoms with E-state index in [0.29, 0.717) is 0 Å². The lowest BCUT2D eigenvalue weighted by molar-refractivity contribution is 0.669. The summed E-state index contributed by atoms with van der Waals surface area (Å²) in [6.45, 7) is 0. The van der Waals surface area contributed by atoms with Gasteiger partial charge in [0, 0.05) is 27.5 Å². The fourth-order valence-electron chi connectivity index (χ4n) is 4.75. The van der Waals surface area contributed by atoms with Crippen LogP contribution in [0.15, 0.2) is 168 Å². The minimum Gasteiger partial charge on any atom is -0.456 e. The molecule has 0 bridgehead atoms. The lowest BCUT2D eigenvalue weighted by atomic mass is 9.97. The molecular formula is C43H27N3O. The molecule has 0 saturated heterocycles. The standard InChI is InChI=1S/C43H27N3O/c1-3-11-28(12-4-1)30-21-22-32-26-35(24-23-31(32)25-30)43-45-41(29-13-5-2-6-14-29)44-42(46-43)34-16-9-15-33(27-34)36-18-10-20-39-40(36)37-17-7-8-19-38(37)47-39/h1-27H/i1D,2D,3D,4D,5D,6D,7D,8D,9D,10D,11D,12D,13D,14D,15D,16D,18D,19D,20D,21D,22D,23D,24D,25D,26D,27D. The summed E-state index contributed by atoms with van der Waals surface area (Å²) in [5.41, 5.74) is -5.77. The fourth-order valence-corrected chi connectivity index (χ4v) is 4.75. The molecule has 47 heavy (non-hydrogen) atoms.